The van der Waals surface area contributed by atoms with Gasteiger partial charge in [-0.05, 0) is 68.4 Å². The van der Waals surface area contributed by atoms with Gasteiger partial charge in [-0.3, -0.25) is 14.4 Å². The van der Waals surface area contributed by atoms with Gasteiger partial charge < -0.3 is 34.5 Å². The number of carbonyl (C=O) groups is 3. The van der Waals surface area contributed by atoms with E-state index in [4.69, 9.17) is 9.47 Å². The van der Waals surface area contributed by atoms with Crippen LogP contribution in [0.5, 0.6) is 5.75 Å². The number of hydrogen-bond donors (Lipinski definition) is 3. The van der Waals surface area contributed by atoms with Crippen molar-refractivity contribution in [2.75, 3.05) is 37.5 Å². The molecule has 220 valence electrons. The zero-order valence-electron chi connectivity index (χ0n) is 24.2. The van der Waals surface area contributed by atoms with Gasteiger partial charge in [-0.25, -0.2) is 0 Å². The number of hydrogen-bond acceptors (Lipinski definition) is 7. The maximum absolute atomic E-state index is 14.0. The molecule has 0 radical (unpaired) electrons. The lowest BCUT2D eigenvalue weighted by atomic mass is 9.82. The Balaban J connectivity index is 1.48. The summed E-state index contributed by atoms with van der Waals surface area (Å²) in [6.07, 6.45) is 0.919. The van der Waals surface area contributed by atoms with Crippen molar-refractivity contribution in [3.8, 4) is 5.75 Å². The summed E-state index contributed by atoms with van der Waals surface area (Å²) in [5.74, 6) is -0.494. The normalized spacial score (nSPS) is 27.4. The summed E-state index contributed by atoms with van der Waals surface area (Å²) in [5, 5.41) is 12.7. The SMILES string of the molecule is COc1ccc(C(=O)Nc2ccc3c(c2)[C@@]2(O[C@H](CC(=O)N4CCC[C@H]4CO)[C@@H]([Si](C)(C)O)[C@@H]2C)C(=O)N3C)cc1. The van der Waals surface area contributed by atoms with Gasteiger partial charge >= 0.3 is 0 Å². The van der Waals surface area contributed by atoms with Crippen molar-refractivity contribution in [3.05, 3.63) is 53.6 Å². The third-order valence-electron chi connectivity index (χ3n) is 9.01. The molecule has 3 N–H and O–H groups in total. The molecule has 5 rings (SSSR count). The van der Waals surface area contributed by atoms with Crippen LogP contribution in [-0.4, -0.2) is 80.3 Å². The number of methoxy groups -OCH3 is 1. The van der Waals surface area contributed by atoms with Crippen molar-refractivity contribution in [1.82, 2.24) is 4.90 Å². The summed E-state index contributed by atoms with van der Waals surface area (Å²) in [6.45, 7) is 6.02. The molecule has 10 nitrogen and oxygen atoms in total. The second kappa shape index (κ2) is 10.9. The molecule has 3 aliphatic rings. The van der Waals surface area contributed by atoms with E-state index in [2.05, 4.69) is 5.32 Å². The van der Waals surface area contributed by atoms with Gasteiger partial charge in [0, 0.05) is 41.9 Å². The zero-order chi connectivity index (χ0) is 29.7. The lowest BCUT2D eigenvalue weighted by molar-refractivity contribution is -0.149. The number of nitrogens with zero attached hydrogens (tertiary/aromatic N) is 2. The number of likely N-dealkylation sites (tertiary alicyclic amines) is 1. The number of amides is 3. The number of rotatable bonds is 7. The van der Waals surface area contributed by atoms with E-state index in [0.29, 0.717) is 34.8 Å². The van der Waals surface area contributed by atoms with Gasteiger partial charge in [0.2, 0.25) is 5.91 Å². The van der Waals surface area contributed by atoms with Crippen molar-refractivity contribution < 1.29 is 33.8 Å². The molecule has 1 spiro atoms. The van der Waals surface area contributed by atoms with Gasteiger partial charge in [0.15, 0.2) is 13.9 Å². The molecule has 0 aliphatic carbocycles. The first-order valence-corrected chi connectivity index (χ1v) is 17.1. The Hall–Kier alpha value is -3.25. The smallest absolute Gasteiger partial charge is 0.264 e. The molecule has 0 bridgehead atoms. The predicted molar refractivity (Wildman–Crippen MR) is 156 cm³/mol. The molecule has 5 atom stereocenters. The topological polar surface area (TPSA) is 129 Å². The Bertz CT molecular complexity index is 1340. The zero-order valence-corrected chi connectivity index (χ0v) is 25.2. The average Bonchev–Trinajstić information content (AvgIpc) is 3.59. The molecule has 2 aromatic rings. The standard InChI is InChI=1S/C30H39N3O7Si/c1-18-27(41(4,5)38)25(16-26(35)33-14-6-7-21(33)17-34)40-30(18)23-15-20(10-13-24(23)32(2)29(30)37)31-28(36)19-8-11-22(39-3)12-9-19/h8-13,15,18,21,25,27,34,38H,6-7,14,16-17H2,1-5H3,(H,31,36)/t18-,21-,25+,27-,30+/m0/s1. The molecule has 3 amide bonds. The first kappa shape index (κ1) is 29.2. The molecule has 0 unspecified atom stereocenters. The van der Waals surface area contributed by atoms with E-state index in [1.807, 2.05) is 20.0 Å². The molecule has 3 aliphatic heterocycles. The van der Waals surface area contributed by atoms with Crippen LogP contribution < -0.4 is 15.0 Å². The number of anilines is 2. The number of ether oxygens (including phenoxy) is 2. The third kappa shape index (κ3) is 4.94. The summed E-state index contributed by atoms with van der Waals surface area (Å²) in [7, 11) is 0.310. The minimum absolute atomic E-state index is 0.0183. The van der Waals surface area contributed by atoms with Gasteiger partial charge in [-0.2, -0.15) is 0 Å². The van der Waals surface area contributed by atoms with E-state index in [1.165, 1.54) is 0 Å². The van der Waals surface area contributed by atoms with Crippen LogP contribution in [0.3, 0.4) is 0 Å². The quantitative estimate of drug-likeness (QED) is 0.429. The molecular weight excluding hydrogens is 542 g/mol. The van der Waals surface area contributed by atoms with E-state index >= 15 is 0 Å². The van der Waals surface area contributed by atoms with E-state index < -0.39 is 31.5 Å². The number of aliphatic hydroxyl groups is 1. The average molecular weight is 582 g/mol. The molecule has 11 heteroatoms. The maximum atomic E-state index is 14.0. The Labute approximate surface area is 241 Å². The highest BCUT2D eigenvalue weighted by molar-refractivity contribution is 6.71. The highest BCUT2D eigenvalue weighted by atomic mass is 28.4. The van der Waals surface area contributed by atoms with Crippen molar-refractivity contribution in [1.29, 1.82) is 0 Å². The lowest BCUT2D eigenvalue weighted by Gasteiger charge is -2.32. The van der Waals surface area contributed by atoms with Crippen molar-refractivity contribution >= 4 is 37.4 Å². The monoisotopic (exact) mass is 581 g/mol. The molecule has 0 saturated carbocycles. The molecular formula is C30H39N3O7Si. The minimum Gasteiger partial charge on any atom is -0.497 e. The number of aliphatic hydroxyl groups excluding tert-OH is 1. The van der Waals surface area contributed by atoms with E-state index in [9.17, 15) is 24.3 Å². The van der Waals surface area contributed by atoms with Gasteiger partial charge in [-0.15, -0.1) is 0 Å². The van der Waals surface area contributed by atoms with Crippen LogP contribution in [0.15, 0.2) is 42.5 Å². The molecule has 2 saturated heterocycles. The Kier molecular flexibility index (Phi) is 7.75. The van der Waals surface area contributed by atoms with Crippen LogP contribution in [0.1, 0.15) is 42.1 Å². The summed E-state index contributed by atoms with van der Waals surface area (Å²) in [6, 6.07) is 11.8. The van der Waals surface area contributed by atoms with Crippen LogP contribution in [0.2, 0.25) is 18.6 Å². The van der Waals surface area contributed by atoms with Gasteiger partial charge in [-0.1, -0.05) is 6.92 Å². The fraction of sp³-hybridized carbons (Fsp3) is 0.500. The number of nitrogens with one attached hydrogen (secondary N) is 1. The van der Waals surface area contributed by atoms with Crippen LogP contribution in [0.25, 0.3) is 0 Å². The Morgan fingerprint density at radius 3 is 2.54 bits per heavy atom. The molecule has 3 heterocycles. The van der Waals surface area contributed by atoms with Crippen molar-refractivity contribution in [2.24, 2.45) is 5.92 Å². The number of benzene rings is 2. The second-order valence-electron chi connectivity index (χ2n) is 11.9. The minimum atomic E-state index is -2.94. The molecule has 2 aromatic carbocycles. The number of carbonyl (C=O) groups excluding carboxylic acids is 3. The molecule has 0 aromatic heterocycles. The van der Waals surface area contributed by atoms with Gasteiger partial charge in [0.05, 0.1) is 38.0 Å². The largest absolute Gasteiger partial charge is 0.497 e. The highest BCUT2D eigenvalue weighted by Crippen LogP contribution is 2.59. The van der Waals surface area contributed by atoms with Crippen molar-refractivity contribution in [3.63, 3.8) is 0 Å². The van der Waals surface area contributed by atoms with Crippen LogP contribution in [-0.2, 0) is 19.9 Å². The number of likely N-dealkylation sites (N-methyl/N-ethyl adjacent to an activating group) is 1. The summed E-state index contributed by atoms with van der Waals surface area (Å²) >= 11 is 0. The van der Waals surface area contributed by atoms with Gasteiger partial charge in [0.1, 0.15) is 5.75 Å². The third-order valence-corrected chi connectivity index (χ3v) is 11.5. The Morgan fingerprint density at radius 1 is 1.20 bits per heavy atom. The van der Waals surface area contributed by atoms with Crippen LogP contribution >= 0.6 is 0 Å². The first-order chi connectivity index (χ1) is 19.4. The summed E-state index contributed by atoms with van der Waals surface area (Å²) in [5.41, 5.74) is 0.416. The van der Waals surface area contributed by atoms with E-state index in [0.717, 1.165) is 12.8 Å². The fourth-order valence-electron chi connectivity index (χ4n) is 7.05. The molecule has 2 fully saturated rings. The van der Waals surface area contributed by atoms with Crippen LogP contribution in [0.4, 0.5) is 11.4 Å². The highest BCUT2D eigenvalue weighted by Gasteiger charge is 2.66. The summed E-state index contributed by atoms with van der Waals surface area (Å²) in [4.78, 5) is 55.1. The first-order valence-electron chi connectivity index (χ1n) is 14.1. The second-order valence-corrected chi connectivity index (χ2v) is 15.9. The van der Waals surface area contributed by atoms with Crippen molar-refractivity contribution in [2.45, 2.75) is 62.6 Å². The summed E-state index contributed by atoms with van der Waals surface area (Å²) < 4.78 is 11.9. The maximum Gasteiger partial charge on any atom is 0.264 e. The van der Waals surface area contributed by atoms with Gasteiger partial charge in [0.25, 0.3) is 11.8 Å². The fourth-order valence-corrected chi connectivity index (χ4v) is 9.60. The van der Waals surface area contributed by atoms with Crippen LogP contribution in [0, 0.1) is 5.92 Å². The number of fused-ring (bicyclic) bond motifs is 2. The Morgan fingerprint density at radius 2 is 1.90 bits per heavy atom. The predicted octanol–water partition coefficient (Wildman–Crippen LogP) is 3.10. The van der Waals surface area contributed by atoms with E-state index in [1.54, 1.807) is 66.4 Å². The lowest BCUT2D eigenvalue weighted by Crippen LogP contribution is -2.45. The van der Waals surface area contributed by atoms with E-state index in [-0.39, 0.29) is 36.8 Å². The molecule has 41 heavy (non-hydrogen) atoms.